The molecule has 101 valence electrons. The van der Waals surface area contributed by atoms with Gasteiger partial charge in [0.1, 0.15) is 0 Å². The van der Waals surface area contributed by atoms with Gasteiger partial charge in [-0.15, -0.1) is 0 Å². The fourth-order valence-electron chi connectivity index (χ4n) is 1.09. The summed E-state index contributed by atoms with van der Waals surface area (Å²) in [6.45, 7) is 6.42. The van der Waals surface area contributed by atoms with Crippen molar-refractivity contribution in [3.63, 3.8) is 0 Å². The van der Waals surface area contributed by atoms with Crippen molar-refractivity contribution in [1.29, 1.82) is 0 Å². The van der Waals surface area contributed by atoms with Gasteiger partial charge in [0.2, 0.25) is 10.0 Å². The Kier molecular flexibility index (Phi) is 5.44. The van der Waals surface area contributed by atoms with Crippen molar-refractivity contribution in [2.45, 2.75) is 25.7 Å². The molecule has 0 amide bonds. The van der Waals surface area contributed by atoms with E-state index in [9.17, 15) is 8.42 Å². The zero-order valence-corrected chi connectivity index (χ0v) is 14.0. The molecule has 0 aliphatic carbocycles. The second-order valence-electron chi connectivity index (χ2n) is 5.12. The second-order valence-corrected chi connectivity index (χ2v) is 13.4. The SMILES string of the molecule is C[Si](C)(C)CCS(=O)(=O)N[C](Br)c1ncccn1. The van der Waals surface area contributed by atoms with Crippen LogP contribution in [0.2, 0.25) is 25.7 Å². The van der Waals surface area contributed by atoms with Gasteiger partial charge in [0, 0.05) is 20.5 Å². The van der Waals surface area contributed by atoms with Crippen LogP contribution in [0.25, 0.3) is 0 Å². The van der Waals surface area contributed by atoms with E-state index < -0.39 is 18.1 Å². The zero-order chi connectivity index (χ0) is 13.8. The van der Waals surface area contributed by atoms with Crippen molar-refractivity contribution in [3.05, 3.63) is 29.2 Å². The Hall–Kier alpha value is -0.313. The summed E-state index contributed by atoms with van der Waals surface area (Å²) in [4.78, 5) is 8.19. The van der Waals surface area contributed by atoms with Crippen molar-refractivity contribution in [3.8, 4) is 0 Å². The summed E-state index contributed by atoms with van der Waals surface area (Å²) in [6.07, 6.45) is 3.11. The summed E-state index contributed by atoms with van der Waals surface area (Å²) in [6, 6.07) is 2.39. The number of hydrogen-bond donors (Lipinski definition) is 1. The number of hydrogen-bond acceptors (Lipinski definition) is 4. The Labute approximate surface area is 118 Å². The molecule has 18 heavy (non-hydrogen) atoms. The molecule has 1 rings (SSSR count). The van der Waals surface area contributed by atoms with Crippen molar-refractivity contribution >= 4 is 34.0 Å². The van der Waals surface area contributed by atoms with Crippen molar-refractivity contribution < 1.29 is 8.42 Å². The van der Waals surface area contributed by atoms with E-state index in [1.807, 2.05) is 0 Å². The zero-order valence-electron chi connectivity index (χ0n) is 10.6. The molecule has 1 aromatic heterocycles. The molecular weight excluding hydrogens is 334 g/mol. The van der Waals surface area contributed by atoms with Crippen LogP contribution in [0, 0.1) is 4.95 Å². The maximum absolute atomic E-state index is 11.9. The van der Waals surface area contributed by atoms with Crippen molar-refractivity contribution in [2.24, 2.45) is 0 Å². The molecule has 0 aliphatic heterocycles. The van der Waals surface area contributed by atoms with Crippen LogP contribution in [0.4, 0.5) is 0 Å². The van der Waals surface area contributed by atoms with Gasteiger partial charge in [0.05, 0.1) is 5.75 Å². The van der Waals surface area contributed by atoms with Crippen LogP contribution in [0.5, 0.6) is 0 Å². The predicted molar refractivity (Wildman–Crippen MR) is 78.4 cm³/mol. The summed E-state index contributed by atoms with van der Waals surface area (Å²) < 4.78 is 26.2. The first kappa shape index (κ1) is 15.7. The largest absolute Gasteiger partial charge is 0.238 e. The number of nitrogens with one attached hydrogen (secondary N) is 1. The summed E-state index contributed by atoms with van der Waals surface area (Å²) >= 11 is 3.15. The molecule has 8 heteroatoms. The Morgan fingerprint density at radius 3 is 2.39 bits per heavy atom. The first-order valence-corrected chi connectivity index (χ1v) is 11.7. The fraction of sp³-hybridized carbons (Fsp3) is 0.500. The van der Waals surface area contributed by atoms with Crippen LogP contribution < -0.4 is 4.72 Å². The van der Waals surface area contributed by atoms with Crippen molar-refractivity contribution in [2.75, 3.05) is 5.75 Å². The molecule has 0 spiro atoms. The third-order valence-electron chi connectivity index (χ3n) is 2.13. The molecule has 1 heterocycles. The molecule has 0 aromatic carbocycles. The van der Waals surface area contributed by atoms with Crippen LogP contribution in [0.3, 0.4) is 0 Å². The molecule has 0 saturated heterocycles. The standard InChI is InChI=1S/C10H17BrN3O2SSi/c1-18(2,3)8-7-17(15,16)14-9(11)10-12-5-4-6-13-10/h4-6,14H,7-8H2,1-3H3. The lowest BCUT2D eigenvalue weighted by molar-refractivity contribution is 0.588. The monoisotopic (exact) mass is 350 g/mol. The number of halogens is 1. The van der Waals surface area contributed by atoms with E-state index in [0.29, 0.717) is 5.82 Å². The molecule has 1 N–H and O–H groups in total. The maximum Gasteiger partial charge on any atom is 0.213 e. The minimum atomic E-state index is -3.34. The van der Waals surface area contributed by atoms with Gasteiger partial charge in [-0.2, -0.15) is 4.72 Å². The Bertz CT molecular complexity index is 476. The first-order chi connectivity index (χ1) is 8.20. The van der Waals surface area contributed by atoms with E-state index in [4.69, 9.17) is 0 Å². The lowest BCUT2D eigenvalue weighted by Gasteiger charge is -2.16. The van der Waals surface area contributed by atoms with Gasteiger partial charge >= 0.3 is 0 Å². The fourth-order valence-corrected chi connectivity index (χ4v) is 6.02. The first-order valence-electron chi connectivity index (χ1n) is 5.50. The number of rotatable bonds is 6. The van der Waals surface area contributed by atoms with E-state index in [0.717, 1.165) is 6.04 Å². The molecule has 0 aliphatic rings. The summed E-state index contributed by atoms with van der Waals surface area (Å²) in [5.74, 6) is 0.457. The van der Waals surface area contributed by atoms with Gasteiger partial charge in [-0.1, -0.05) is 35.6 Å². The summed E-state index contributed by atoms with van der Waals surface area (Å²) in [5, 5.41) is 0. The normalized spacial score (nSPS) is 12.9. The number of aromatic nitrogens is 2. The highest BCUT2D eigenvalue weighted by Gasteiger charge is 2.23. The van der Waals surface area contributed by atoms with Gasteiger partial charge < -0.3 is 0 Å². The van der Waals surface area contributed by atoms with Gasteiger partial charge in [0.25, 0.3) is 0 Å². The lowest BCUT2D eigenvalue weighted by atomic mass is 10.6. The highest BCUT2D eigenvalue weighted by molar-refractivity contribution is 9.11. The second kappa shape index (κ2) is 6.22. The maximum atomic E-state index is 11.9. The third-order valence-corrected chi connectivity index (χ3v) is 6.31. The molecule has 1 aromatic rings. The average Bonchev–Trinajstić information content (AvgIpc) is 2.26. The molecule has 0 bridgehead atoms. The third kappa shape index (κ3) is 6.03. The molecule has 1 radical (unpaired) electrons. The van der Waals surface area contributed by atoms with Gasteiger partial charge in [0.15, 0.2) is 10.8 Å². The topological polar surface area (TPSA) is 72.0 Å². The minimum absolute atomic E-state index is 0.130. The van der Waals surface area contributed by atoms with Crippen molar-refractivity contribution in [1.82, 2.24) is 14.7 Å². The van der Waals surface area contributed by atoms with E-state index in [1.165, 1.54) is 0 Å². The average molecular weight is 351 g/mol. The molecule has 0 atom stereocenters. The highest BCUT2D eigenvalue weighted by Crippen LogP contribution is 2.16. The molecular formula is C10H17BrN3O2SSi. The smallest absolute Gasteiger partial charge is 0.213 e. The van der Waals surface area contributed by atoms with Gasteiger partial charge in [-0.05, 0) is 12.1 Å². The van der Waals surface area contributed by atoms with E-state index in [2.05, 4.69) is 50.3 Å². The number of nitrogens with zero attached hydrogens (tertiary/aromatic N) is 2. The summed E-state index contributed by atoms with van der Waals surface area (Å²) in [7, 11) is -4.71. The lowest BCUT2D eigenvalue weighted by Crippen LogP contribution is -2.32. The Morgan fingerprint density at radius 1 is 1.33 bits per heavy atom. The molecule has 0 fully saturated rings. The van der Waals surface area contributed by atoms with E-state index >= 15 is 0 Å². The highest BCUT2D eigenvalue weighted by atomic mass is 79.9. The molecule has 0 saturated carbocycles. The van der Waals surface area contributed by atoms with Gasteiger partial charge in [-0.3, -0.25) is 0 Å². The molecule has 5 nitrogen and oxygen atoms in total. The van der Waals surface area contributed by atoms with Crippen LogP contribution in [0.1, 0.15) is 5.82 Å². The van der Waals surface area contributed by atoms with Crippen LogP contribution in [0.15, 0.2) is 18.5 Å². The summed E-state index contributed by atoms with van der Waals surface area (Å²) in [5.41, 5.74) is 0. The minimum Gasteiger partial charge on any atom is -0.238 e. The Morgan fingerprint density at radius 2 is 1.89 bits per heavy atom. The Balaban J connectivity index is 2.61. The van der Waals surface area contributed by atoms with Crippen LogP contribution in [-0.2, 0) is 10.0 Å². The predicted octanol–water partition coefficient (Wildman–Crippen LogP) is 1.97. The van der Waals surface area contributed by atoms with E-state index in [-0.39, 0.29) is 10.7 Å². The number of sulfonamides is 1. The quantitative estimate of drug-likeness (QED) is 0.628. The van der Waals surface area contributed by atoms with Crippen LogP contribution in [-0.4, -0.2) is 32.2 Å². The molecule has 0 unspecified atom stereocenters. The van der Waals surface area contributed by atoms with E-state index in [1.54, 1.807) is 18.5 Å². The van der Waals surface area contributed by atoms with Crippen LogP contribution >= 0.6 is 15.9 Å². The van der Waals surface area contributed by atoms with Gasteiger partial charge in [-0.25, -0.2) is 18.4 Å².